The predicted molar refractivity (Wildman–Crippen MR) is 155 cm³/mol. The molecular formula is C28H25Cl2N3O6S. The molecule has 1 aromatic heterocycles. The third kappa shape index (κ3) is 6.59. The van der Waals surface area contributed by atoms with Gasteiger partial charge in [0.2, 0.25) is 0 Å². The second-order valence-corrected chi connectivity index (χ2v) is 11.2. The topological polar surface area (TPSA) is 110 Å². The van der Waals surface area contributed by atoms with Crippen LogP contribution in [0.5, 0.6) is 11.5 Å². The van der Waals surface area contributed by atoms with E-state index >= 15 is 0 Å². The summed E-state index contributed by atoms with van der Waals surface area (Å²) in [5.41, 5.74) is 3.99. The Balaban J connectivity index is 1.57. The molecule has 0 fully saturated rings. The number of nitrogens with one attached hydrogen (secondary N) is 1. The van der Waals surface area contributed by atoms with Crippen molar-refractivity contribution >= 4 is 51.0 Å². The molecule has 4 rings (SSSR count). The Hall–Kier alpha value is -3.99. The minimum atomic E-state index is -4.19. The molecule has 4 aromatic rings. The van der Waals surface area contributed by atoms with Gasteiger partial charge in [-0.1, -0.05) is 40.9 Å². The molecule has 0 saturated carbocycles. The van der Waals surface area contributed by atoms with Crippen LogP contribution >= 0.6 is 23.2 Å². The minimum absolute atomic E-state index is 0.00301. The van der Waals surface area contributed by atoms with Crippen molar-refractivity contribution in [3.8, 4) is 22.8 Å². The molecule has 1 N–H and O–H groups in total. The number of amides is 1. The fourth-order valence-corrected chi connectivity index (χ4v) is 5.64. The van der Waals surface area contributed by atoms with E-state index in [2.05, 4.69) is 10.5 Å². The molecule has 208 valence electrons. The first-order valence-corrected chi connectivity index (χ1v) is 14.0. The summed E-state index contributed by atoms with van der Waals surface area (Å²) < 4.78 is 44.8. The van der Waals surface area contributed by atoms with E-state index in [0.717, 1.165) is 9.87 Å². The lowest BCUT2D eigenvalue weighted by atomic mass is 10.2. The van der Waals surface area contributed by atoms with Gasteiger partial charge in [0.1, 0.15) is 29.6 Å². The zero-order valence-corrected chi connectivity index (χ0v) is 24.0. The molecule has 3 aromatic carbocycles. The van der Waals surface area contributed by atoms with Crippen LogP contribution in [-0.4, -0.2) is 41.3 Å². The van der Waals surface area contributed by atoms with Gasteiger partial charge in [0.05, 0.1) is 36.0 Å². The number of methoxy groups -OCH3 is 2. The van der Waals surface area contributed by atoms with Crippen LogP contribution in [-0.2, 0) is 14.8 Å². The van der Waals surface area contributed by atoms with Crippen LogP contribution in [0.1, 0.15) is 11.3 Å². The Morgan fingerprint density at radius 2 is 1.75 bits per heavy atom. The largest absolute Gasteiger partial charge is 0.497 e. The van der Waals surface area contributed by atoms with Crippen molar-refractivity contribution in [2.45, 2.75) is 11.8 Å². The Morgan fingerprint density at radius 3 is 2.42 bits per heavy atom. The number of hydrazone groups is 1. The predicted octanol–water partition coefficient (Wildman–Crippen LogP) is 5.92. The summed E-state index contributed by atoms with van der Waals surface area (Å²) in [5.74, 6) is 0.726. The molecule has 0 aliphatic carbocycles. The number of halogens is 2. The fraction of sp³-hybridized carbons (Fsp3) is 0.143. The molecule has 0 spiro atoms. The van der Waals surface area contributed by atoms with E-state index in [1.54, 1.807) is 54.6 Å². The normalized spacial score (nSPS) is 11.4. The van der Waals surface area contributed by atoms with Crippen LogP contribution in [0.3, 0.4) is 0 Å². The van der Waals surface area contributed by atoms with Crippen LogP contribution in [0.4, 0.5) is 5.69 Å². The molecule has 0 saturated heterocycles. The van der Waals surface area contributed by atoms with Gasteiger partial charge in [0, 0.05) is 16.7 Å². The second-order valence-electron chi connectivity index (χ2n) is 8.48. The second kappa shape index (κ2) is 12.5. The first-order chi connectivity index (χ1) is 19.1. The summed E-state index contributed by atoms with van der Waals surface area (Å²) in [6, 6.07) is 19.3. The van der Waals surface area contributed by atoms with Gasteiger partial charge in [0.15, 0.2) is 0 Å². The van der Waals surface area contributed by atoms with Crippen LogP contribution < -0.4 is 19.2 Å². The van der Waals surface area contributed by atoms with E-state index in [-0.39, 0.29) is 16.3 Å². The SMILES string of the molecule is COc1ccc(OC)c(N(CC(=O)N/N=C\c2ccc(-c3ccc(Cl)cc3Cl)o2)S(=O)(=O)c2ccc(C)cc2)c1. The number of anilines is 1. The van der Waals surface area contributed by atoms with Crippen molar-refractivity contribution in [3.05, 3.63) is 94.2 Å². The van der Waals surface area contributed by atoms with Crippen molar-refractivity contribution in [1.82, 2.24) is 5.43 Å². The van der Waals surface area contributed by atoms with Crippen LogP contribution in [0.2, 0.25) is 10.0 Å². The molecule has 40 heavy (non-hydrogen) atoms. The molecule has 0 aliphatic rings. The number of furan rings is 1. The maximum Gasteiger partial charge on any atom is 0.264 e. The van der Waals surface area contributed by atoms with E-state index in [4.69, 9.17) is 37.1 Å². The zero-order valence-electron chi connectivity index (χ0n) is 21.7. The Labute approximate surface area is 242 Å². The number of carbonyl (C=O) groups is 1. The summed E-state index contributed by atoms with van der Waals surface area (Å²) in [6.45, 7) is 1.25. The summed E-state index contributed by atoms with van der Waals surface area (Å²) >= 11 is 12.2. The van der Waals surface area contributed by atoms with Crippen molar-refractivity contribution < 1.29 is 27.1 Å². The molecule has 0 atom stereocenters. The standard InChI is InChI=1S/C28H25Cl2N3O6S/c1-18-4-9-22(10-5-18)40(35,36)33(25-15-20(37-2)7-13-27(25)38-3)17-28(34)32-31-16-21-8-12-26(39-21)23-11-6-19(29)14-24(23)30/h4-16H,17H2,1-3H3,(H,32,34)/b31-16-. The van der Waals surface area contributed by atoms with Crippen molar-refractivity contribution in [3.63, 3.8) is 0 Å². The van der Waals surface area contributed by atoms with Gasteiger partial charge in [-0.25, -0.2) is 13.8 Å². The number of aryl methyl sites for hydroxylation is 1. The number of benzene rings is 3. The highest BCUT2D eigenvalue weighted by atomic mass is 35.5. The lowest BCUT2D eigenvalue weighted by Gasteiger charge is -2.25. The first kappa shape index (κ1) is 29.0. The number of hydrogen-bond donors (Lipinski definition) is 1. The number of rotatable bonds is 10. The van der Waals surface area contributed by atoms with Crippen molar-refractivity contribution in [1.29, 1.82) is 0 Å². The van der Waals surface area contributed by atoms with Gasteiger partial charge in [-0.3, -0.25) is 9.10 Å². The molecule has 1 heterocycles. The highest BCUT2D eigenvalue weighted by Crippen LogP contribution is 2.36. The first-order valence-electron chi connectivity index (χ1n) is 11.8. The van der Waals surface area contributed by atoms with Crippen molar-refractivity contribution in [2.75, 3.05) is 25.1 Å². The molecule has 1 amide bonds. The van der Waals surface area contributed by atoms with Crippen LogP contribution in [0.25, 0.3) is 11.3 Å². The fourth-order valence-electron chi connectivity index (χ4n) is 3.72. The maximum absolute atomic E-state index is 13.7. The highest BCUT2D eigenvalue weighted by Gasteiger charge is 2.30. The average molecular weight is 602 g/mol. The van der Waals surface area contributed by atoms with Crippen LogP contribution in [0, 0.1) is 6.92 Å². The molecule has 0 unspecified atom stereocenters. The average Bonchev–Trinajstić information content (AvgIpc) is 3.40. The summed E-state index contributed by atoms with van der Waals surface area (Å²) in [7, 11) is -1.34. The van der Waals surface area contributed by atoms with E-state index in [1.165, 1.54) is 38.6 Å². The van der Waals surface area contributed by atoms with Gasteiger partial charge in [-0.05, 0) is 61.5 Å². The van der Waals surface area contributed by atoms with Gasteiger partial charge < -0.3 is 13.9 Å². The number of hydrogen-bond acceptors (Lipinski definition) is 7. The molecular weight excluding hydrogens is 577 g/mol. The number of nitrogens with zero attached hydrogens (tertiary/aromatic N) is 2. The Morgan fingerprint density at radius 1 is 1.00 bits per heavy atom. The summed E-state index contributed by atoms with van der Waals surface area (Å²) in [4.78, 5) is 12.9. The van der Waals surface area contributed by atoms with E-state index in [9.17, 15) is 13.2 Å². The van der Waals surface area contributed by atoms with Crippen molar-refractivity contribution in [2.24, 2.45) is 5.10 Å². The number of carbonyl (C=O) groups excluding carboxylic acids is 1. The van der Waals surface area contributed by atoms with Gasteiger partial charge in [-0.2, -0.15) is 5.10 Å². The van der Waals surface area contributed by atoms with E-state index in [0.29, 0.717) is 32.9 Å². The third-order valence-corrected chi connectivity index (χ3v) is 8.08. The quantitative estimate of drug-likeness (QED) is 0.178. The zero-order chi connectivity index (χ0) is 28.9. The number of ether oxygens (including phenoxy) is 2. The van der Waals surface area contributed by atoms with Gasteiger partial charge in [-0.15, -0.1) is 0 Å². The highest BCUT2D eigenvalue weighted by molar-refractivity contribution is 7.92. The number of sulfonamides is 1. The minimum Gasteiger partial charge on any atom is -0.497 e. The van der Waals surface area contributed by atoms with Crippen LogP contribution in [0.15, 0.2) is 87.2 Å². The van der Waals surface area contributed by atoms with Gasteiger partial charge >= 0.3 is 0 Å². The molecule has 9 nitrogen and oxygen atoms in total. The van der Waals surface area contributed by atoms with E-state index in [1.807, 2.05) is 6.92 Å². The Bertz CT molecular complexity index is 1650. The lowest BCUT2D eigenvalue weighted by Crippen LogP contribution is -2.39. The summed E-state index contributed by atoms with van der Waals surface area (Å²) in [5, 5.41) is 4.84. The lowest BCUT2D eigenvalue weighted by molar-refractivity contribution is -0.119. The monoisotopic (exact) mass is 601 g/mol. The third-order valence-electron chi connectivity index (χ3n) is 5.76. The molecule has 0 aliphatic heterocycles. The molecule has 12 heteroatoms. The maximum atomic E-state index is 13.7. The molecule has 0 bridgehead atoms. The van der Waals surface area contributed by atoms with E-state index < -0.39 is 22.5 Å². The smallest absolute Gasteiger partial charge is 0.264 e. The Kier molecular flexibility index (Phi) is 9.03. The summed E-state index contributed by atoms with van der Waals surface area (Å²) in [6.07, 6.45) is 1.29. The molecule has 0 radical (unpaired) electrons. The van der Waals surface area contributed by atoms with Gasteiger partial charge in [0.25, 0.3) is 15.9 Å².